The van der Waals surface area contributed by atoms with Crippen LogP contribution in [0.1, 0.15) is 42.9 Å². The van der Waals surface area contributed by atoms with Crippen molar-refractivity contribution < 1.29 is 23.9 Å². The number of hydrogen-bond donors (Lipinski definition) is 1. The first kappa shape index (κ1) is 28.0. The van der Waals surface area contributed by atoms with Gasteiger partial charge < -0.3 is 9.47 Å². The monoisotopic (exact) mass is 528 g/mol. The van der Waals surface area contributed by atoms with Gasteiger partial charge in [0.05, 0.1) is 12.6 Å². The third kappa shape index (κ3) is 8.01. The minimum absolute atomic E-state index is 0.134. The van der Waals surface area contributed by atoms with Crippen molar-refractivity contribution in [2.75, 3.05) is 18.1 Å². The van der Waals surface area contributed by atoms with Crippen LogP contribution in [0.5, 0.6) is 0 Å². The van der Waals surface area contributed by atoms with E-state index in [4.69, 9.17) is 9.47 Å². The Morgan fingerprint density at radius 1 is 0.923 bits per heavy atom. The van der Waals surface area contributed by atoms with Gasteiger partial charge in [0, 0.05) is 5.69 Å². The molecule has 7 heteroatoms. The second-order valence-electron chi connectivity index (χ2n) is 9.64. The van der Waals surface area contributed by atoms with Gasteiger partial charge in [-0.15, -0.1) is 0 Å². The van der Waals surface area contributed by atoms with E-state index in [0.717, 1.165) is 29.5 Å². The highest BCUT2D eigenvalue weighted by Crippen LogP contribution is 2.27. The number of anilines is 1. The fourth-order valence-electron chi connectivity index (χ4n) is 4.85. The Kier molecular flexibility index (Phi) is 10.3. The standard InChI is InChI=1S/C32H36N2O5/c1-2-38-32(37)28(21-20-24-12-5-3-6-13-24)33-27-18-11-17-26-16-9-10-19-29(26)34(31(27)36)22-30(35)39-23-25-14-7-4-8-15-25/h3-10,12-16,19,27-28,33H,2,11,17-18,20-23H2,1H3/t27-,28-/m0/s1. The van der Waals surface area contributed by atoms with Crippen LogP contribution < -0.4 is 10.2 Å². The minimum Gasteiger partial charge on any atom is -0.465 e. The molecule has 0 unspecified atom stereocenters. The maximum Gasteiger partial charge on any atom is 0.326 e. The predicted molar refractivity (Wildman–Crippen MR) is 150 cm³/mol. The van der Waals surface area contributed by atoms with E-state index in [1.54, 1.807) is 6.92 Å². The van der Waals surface area contributed by atoms with E-state index >= 15 is 0 Å². The maximum absolute atomic E-state index is 14.0. The molecule has 1 amide bonds. The molecule has 0 aliphatic carbocycles. The first-order chi connectivity index (χ1) is 19.0. The number of fused-ring (bicyclic) bond motifs is 1. The van der Waals surface area contributed by atoms with E-state index in [9.17, 15) is 14.4 Å². The topological polar surface area (TPSA) is 84.9 Å². The van der Waals surface area contributed by atoms with Crippen LogP contribution >= 0.6 is 0 Å². The Morgan fingerprint density at radius 2 is 1.59 bits per heavy atom. The van der Waals surface area contributed by atoms with Crippen LogP contribution in [0, 0.1) is 0 Å². The van der Waals surface area contributed by atoms with E-state index < -0.39 is 18.1 Å². The van der Waals surface area contributed by atoms with Gasteiger partial charge >= 0.3 is 11.9 Å². The Balaban J connectivity index is 1.51. The Bertz CT molecular complexity index is 1230. The van der Waals surface area contributed by atoms with Crippen molar-refractivity contribution in [1.82, 2.24) is 5.32 Å². The number of benzene rings is 3. The van der Waals surface area contributed by atoms with Crippen LogP contribution in [0.25, 0.3) is 0 Å². The Hall–Kier alpha value is -3.97. The first-order valence-electron chi connectivity index (χ1n) is 13.6. The molecule has 3 aromatic carbocycles. The average Bonchev–Trinajstić information content (AvgIpc) is 2.96. The van der Waals surface area contributed by atoms with E-state index in [1.807, 2.05) is 84.9 Å². The number of nitrogens with zero attached hydrogens (tertiary/aromatic N) is 1. The summed E-state index contributed by atoms with van der Waals surface area (Å²) in [5, 5.41) is 3.30. The fraction of sp³-hybridized carbons (Fsp3) is 0.344. The van der Waals surface area contributed by atoms with E-state index in [1.165, 1.54) is 4.90 Å². The number of amides is 1. The zero-order valence-corrected chi connectivity index (χ0v) is 22.4. The normalized spacial score (nSPS) is 16.0. The number of para-hydroxylation sites is 1. The molecule has 3 aromatic rings. The molecule has 0 radical (unpaired) electrons. The van der Waals surface area contributed by atoms with Crippen LogP contribution in [-0.4, -0.2) is 43.1 Å². The van der Waals surface area contributed by atoms with Crippen molar-refractivity contribution in [2.45, 2.75) is 57.7 Å². The van der Waals surface area contributed by atoms with Crippen LogP contribution in [-0.2, 0) is 43.3 Å². The lowest BCUT2D eigenvalue weighted by atomic mass is 9.97. The van der Waals surface area contributed by atoms with Gasteiger partial charge in [0.2, 0.25) is 5.91 Å². The van der Waals surface area contributed by atoms with Crippen molar-refractivity contribution in [3.05, 3.63) is 102 Å². The summed E-state index contributed by atoms with van der Waals surface area (Å²) in [5.74, 6) is -1.13. The lowest BCUT2D eigenvalue weighted by Gasteiger charge is -2.32. The van der Waals surface area contributed by atoms with Gasteiger partial charge in [0.25, 0.3) is 0 Å². The van der Waals surface area contributed by atoms with Gasteiger partial charge in [-0.25, -0.2) is 0 Å². The molecule has 0 spiro atoms. The molecule has 39 heavy (non-hydrogen) atoms. The van der Waals surface area contributed by atoms with Gasteiger partial charge in [0.1, 0.15) is 19.2 Å². The lowest BCUT2D eigenvalue weighted by Crippen LogP contribution is -2.54. The minimum atomic E-state index is -0.652. The van der Waals surface area contributed by atoms with Crippen molar-refractivity contribution in [3.63, 3.8) is 0 Å². The van der Waals surface area contributed by atoms with Crippen LogP contribution in [0.15, 0.2) is 84.9 Å². The molecule has 4 rings (SSSR count). The summed E-state index contributed by atoms with van der Waals surface area (Å²) in [6.45, 7) is 1.95. The number of ether oxygens (including phenoxy) is 2. The Labute approximate surface area is 230 Å². The summed E-state index contributed by atoms with van der Waals surface area (Å²) in [6.07, 6.45) is 3.20. The molecular formula is C32H36N2O5. The highest BCUT2D eigenvalue weighted by Gasteiger charge is 2.33. The molecule has 0 saturated carbocycles. The second-order valence-corrected chi connectivity index (χ2v) is 9.64. The third-order valence-corrected chi connectivity index (χ3v) is 6.85. The zero-order valence-electron chi connectivity index (χ0n) is 22.4. The van der Waals surface area contributed by atoms with Crippen LogP contribution in [0.2, 0.25) is 0 Å². The molecule has 2 atom stereocenters. The molecular weight excluding hydrogens is 492 g/mol. The SMILES string of the molecule is CCOC(=O)[C@H](CCc1ccccc1)N[C@H]1CCCc2ccccc2N(CC(=O)OCc2ccccc2)C1=O. The summed E-state index contributed by atoms with van der Waals surface area (Å²) in [5.41, 5.74) is 3.68. The molecule has 1 heterocycles. The quantitative estimate of drug-likeness (QED) is 0.366. The highest BCUT2D eigenvalue weighted by atomic mass is 16.5. The summed E-state index contributed by atoms with van der Waals surface area (Å²) in [7, 11) is 0. The van der Waals surface area contributed by atoms with Crippen LogP contribution in [0.3, 0.4) is 0 Å². The molecule has 1 aliphatic rings. The first-order valence-corrected chi connectivity index (χ1v) is 13.6. The Morgan fingerprint density at radius 3 is 2.31 bits per heavy atom. The second kappa shape index (κ2) is 14.3. The highest BCUT2D eigenvalue weighted by molar-refractivity contribution is 6.01. The molecule has 1 aliphatic heterocycles. The molecule has 1 N–H and O–H groups in total. The number of hydrogen-bond acceptors (Lipinski definition) is 6. The van der Waals surface area contributed by atoms with Crippen molar-refractivity contribution in [1.29, 1.82) is 0 Å². The van der Waals surface area contributed by atoms with E-state index in [2.05, 4.69) is 5.32 Å². The fourth-order valence-corrected chi connectivity index (χ4v) is 4.85. The average molecular weight is 529 g/mol. The molecule has 204 valence electrons. The van der Waals surface area contributed by atoms with E-state index in [-0.39, 0.29) is 31.6 Å². The van der Waals surface area contributed by atoms with Gasteiger partial charge in [-0.3, -0.25) is 24.6 Å². The molecule has 0 aromatic heterocycles. The zero-order chi connectivity index (χ0) is 27.5. The molecule has 7 nitrogen and oxygen atoms in total. The smallest absolute Gasteiger partial charge is 0.326 e. The molecule has 0 fully saturated rings. The number of esters is 2. The number of rotatable bonds is 11. The van der Waals surface area contributed by atoms with Crippen molar-refractivity contribution in [2.24, 2.45) is 0 Å². The van der Waals surface area contributed by atoms with Crippen molar-refractivity contribution in [3.8, 4) is 0 Å². The van der Waals surface area contributed by atoms with E-state index in [0.29, 0.717) is 24.9 Å². The largest absolute Gasteiger partial charge is 0.465 e. The molecule has 0 bridgehead atoms. The number of carbonyl (C=O) groups excluding carboxylic acids is 3. The maximum atomic E-state index is 14.0. The van der Waals surface area contributed by atoms with Gasteiger partial charge in [-0.1, -0.05) is 78.9 Å². The lowest BCUT2D eigenvalue weighted by molar-refractivity contribution is -0.147. The number of nitrogens with one attached hydrogen (secondary N) is 1. The van der Waals surface area contributed by atoms with Gasteiger partial charge in [0.15, 0.2) is 0 Å². The summed E-state index contributed by atoms with van der Waals surface area (Å²) in [4.78, 5) is 41.3. The van der Waals surface area contributed by atoms with Gasteiger partial charge in [-0.05, 0) is 61.8 Å². The van der Waals surface area contributed by atoms with Gasteiger partial charge in [-0.2, -0.15) is 0 Å². The number of carbonyl (C=O) groups is 3. The summed E-state index contributed by atoms with van der Waals surface area (Å²) < 4.78 is 10.9. The third-order valence-electron chi connectivity index (χ3n) is 6.85. The summed E-state index contributed by atoms with van der Waals surface area (Å²) >= 11 is 0. The van der Waals surface area contributed by atoms with Crippen molar-refractivity contribution >= 4 is 23.5 Å². The molecule has 0 saturated heterocycles. The predicted octanol–water partition coefficient (Wildman–Crippen LogP) is 4.62. The van der Waals surface area contributed by atoms with Crippen LogP contribution in [0.4, 0.5) is 5.69 Å². The summed E-state index contributed by atoms with van der Waals surface area (Å²) in [6, 6.07) is 25.7. The number of aryl methyl sites for hydroxylation is 2.